The summed E-state index contributed by atoms with van der Waals surface area (Å²) in [6.07, 6.45) is 2.14. The highest BCUT2D eigenvalue weighted by atomic mass is 16.5. The summed E-state index contributed by atoms with van der Waals surface area (Å²) >= 11 is 0. The third-order valence-electron chi connectivity index (χ3n) is 2.93. The zero-order chi connectivity index (χ0) is 13.0. The number of hydrogen-bond acceptors (Lipinski definition) is 4. The monoisotopic (exact) mass is 244 g/mol. The van der Waals surface area contributed by atoms with Crippen LogP contribution in [0.25, 0.3) is 0 Å². The van der Waals surface area contributed by atoms with Gasteiger partial charge >= 0.3 is 5.97 Å². The number of ether oxygens (including phenoxy) is 1. The zero-order valence-corrected chi connectivity index (χ0v) is 10.4. The molecule has 94 valence electrons. The summed E-state index contributed by atoms with van der Waals surface area (Å²) < 4.78 is 4.98. The van der Waals surface area contributed by atoms with Gasteiger partial charge in [0.2, 0.25) is 0 Å². The highest BCUT2D eigenvalue weighted by molar-refractivity contribution is 5.77. The van der Waals surface area contributed by atoms with Crippen LogP contribution in [-0.4, -0.2) is 25.2 Å². The molecule has 1 aliphatic carbocycles. The zero-order valence-electron chi connectivity index (χ0n) is 10.4. The van der Waals surface area contributed by atoms with Crippen molar-refractivity contribution in [2.24, 2.45) is 0 Å². The van der Waals surface area contributed by atoms with Crippen LogP contribution >= 0.6 is 0 Å². The molecular weight excluding hydrogens is 228 g/mol. The average Bonchev–Trinajstić information content (AvgIpc) is 3.20. The molecule has 18 heavy (non-hydrogen) atoms. The topological polar surface area (TPSA) is 53.3 Å². The molecule has 0 unspecified atom stereocenters. The lowest BCUT2D eigenvalue weighted by Crippen LogP contribution is -2.33. The Labute approximate surface area is 107 Å². The maximum absolute atomic E-state index is 11.6. The molecule has 0 atom stereocenters. The van der Waals surface area contributed by atoms with Crippen LogP contribution in [0.4, 0.5) is 5.69 Å². The van der Waals surface area contributed by atoms with Gasteiger partial charge in [-0.15, -0.1) is 0 Å². The second-order valence-corrected chi connectivity index (χ2v) is 4.29. The van der Waals surface area contributed by atoms with E-state index in [-0.39, 0.29) is 12.5 Å². The highest BCUT2D eigenvalue weighted by Gasteiger charge is 2.32. The molecule has 0 N–H and O–H groups in total. The Morgan fingerprint density at radius 1 is 1.50 bits per heavy atom. The van der Waals surface area contributed by atoms with E-state index in [2.05, 4.69) is 6.07 Å². The lowest BCUT2D eigenvalue weighted by atomic mass is 10.1. The third-order valence-corrected chi connectivity index (χ3v) is 2.93. The number of para-hydroxylation sites is 1. The number of nitriles is 1. The van der Waals surface area contributed by atoms with Crippen molar-refractivity contribution < 1.29 is 9.53 Å². The number of carbonyl (C=O) groups is 1. The molecule has 0 aromatic heterocycles. The Balaban J connectivity index is 2.19. The smallest absolute Gasteiger partial charge is 0.325 e. The summed E-state index contributed by atoms with van der Waals surface area (Å²) in [4.78, 5) is 13.6. The molecule has 1 saturated carbocycles. The van der Waals surface area contributed by atoms with Gasteiger partial charge in [0.05, 0.1) is 17.9 Å². The fraction of sp³-hybridized carbons (Fsp3) is 0.429. The molecule has 0 aliphatic heterocycles. The molecular formula is C14H16N2O2. The number of anilines is 1. The van der Waals surface area contributed by atoms with E-state index in [1.807, 2.05) is 23.1 Å². The van der Waals surface area contributed by atoms with Crippen LogP contribution < -0.4 is 4.90 Å². The van der Waals surface area contributed by atoms with E-state index >= 15 is 0 Å². The van der Waals surface area contributed by atoms with Gasteiger partial charge in [-0.25, -0.2) is 0 Å². The normalized spacial score (nSPS) is 13.8. The lowest BCUT2D eigenvalue weighted by Gasteiger charge is -2.24. The van der Waals surface area contributed by atoms with E-state index in [0.29, 0.717) is 18.2 Å². The van der Waals surface area contributed by atoms with Crippen molar-refractivity contribution in [1.82, 2.24) is 0 Å². The van der Waals surface area contributed by atoms with E-state index < -0.39 is 0 Å². The molecule has 1 fully saturated rings. The number of rotatable bonds is 5. The summed E-state index contributed by atoms with van der Waals surface area (Å²) in [5.74, 6) is -0.239. The Hall–Kier alpha value is -2.02. The molecule has 4 nitrogen and oxygen atoms in total. The Morgan fingerprint density at radius 2 is 2.22 bits per heavy atom. The maximum atomic E-state index is 11.6. The Kier molecular flexibility index (Phi) is 3.83. The van der Waals surface area contributed by atoms with Crippen LogP contribution in [0.5, 0.6) is 0 Å². The van der Waals surface area contributed by atoms with Crippen LogP contribution in [0.3, 0.4) is 0 Å². The quantitative estimate of drug-likeness (QED) is 0.744. The molecule has 0 heterocycles. The van der Waals surface area contributed by atoms with Crippen molar-refractivity contribution in [3.8, 4) is 6.07 Å². The van der Waals surface area contributed by atoms with Gasteiger partial charge < -0.3 is 9.64 Å². The van der Waals surface area contributed by atoms with E-state index in [4.69, 9.17) is 10.00 Å². The lowest BCUT2D eigenvalue weighted by molar-refractivity contribution is -0.141. The minimum absolute atomic E-state index is 0.219. The first kappa shape index (κ1) is 12.4. The standard InChI is InChI=1S/C14H16N2O2/c1-2-18-14(17)10-16(12-7-8-12)13-6-4-3-5-11(13)9-15/h3-6,12H,2,7-8,10H2,1H3. The average molecular weight is 244 g/mol. The number of esters is 1. The van der Waals surface area contributed by atoms with Crippen molar-refractivity contribution in [2.75, 3.05) is 18.1 Å². The van der Waals surface area contributed by atoms with Crippen LogP contribution in [-0.2, 0) is 9.53 Å². The van der Waals surface area contributed by atoms with Crippen LogP contribution in [0.15, 0.2) is 24.3 Å². The van der Waals surface area contributed by atoms with Gasteiger partial charge in [-0.05, 0) is 31.9 Å². The molecule has 1 aromatic rings. The predicted octanol–water partition coefficient (Wildman–Crippen LogP) is 2.09. The molecule has 1 aromatic carbocycles. The van der Waals surface area contributed by atoms with Gasteiger partial charge in [0.15, 0.2) is 0 Å². The van der Waals surface area contributed by atoms with E-state index in [1.165, 1.54) is 0 Å². The Bertz CT molecular complexity index is 475. The van der Waals surface area contributed by atoms with Gasteiger partial charge in [-0.2, -0.15) is 5.26 Å². The number of carbonyl (C=O) groups excluding carboxylic acids is 1. The second kappa shape index (κ2) is 5.54. The highest BCUT2D eigenvalue weighted by Crippen LogP contribution is 2.33. The maximum Gasteiger partial charge on any atom is 0.325 e. The summed E-state index contributed by atoms with van der Waals surface area (Å²) in [6, 6.07) is 9.91. The number of benzene rings is 1. The molecule has 0 saturated heterocycles. The summed E-state index contributed by atoms with van der Waals surface area (Å²) in [5, 5.41) is 9.11. The van der Waals surface area contributed by atoms with Gasteiger partial charge in [-0.3, -0.25) is 4.79 Å². The van der Waals surface area contributed by atoms with Crippen LogP contribution in [0.2, 0.25) is 0 Å². The SMILES string of the molecule is CCOC(=O)CN(c1ccccc1C#N)C1CC1. The summed E-state index contributed by atoms with van der Waals surface area (Å²) in [6.45, 7) is 2.40. The Morgan fingerprint density at radius 3 is 2.83 bits per heavy atom. The van der Waals surface area contributed by atoms with Gasteiger partial charge in [-0.1, -0.05) is 12.1 Å². The van der Waals surface area contributed by atoms with Gasteiger partial charge in [0.25, 0.3) is 0 Å². The van der Waals surface area contributed by atoms with E-state index in [1.54, 1.807) is 13.0 Å². The van der Waals surface area contributed by atoms with Crippen molar-refractivity contribution in [3.63, 3.8) is 0 Å². The van der Waals surface area contributed by atoms with Crippen molar-refractivity contribution in [1.29, 1.82) is 5.26 Å². The number of hydrogen-bond donors (Lipinski definition) is 0. The molecule has 2 rings (SSSR count). The number of nitrogens with zero attached hydrogens (tertiary/aromatic N) is 2. The largest absolute Gasteiger partial charge is 0.465 e. The molecule has 0 bridgehead atoms. The minimum atomic E-state index is -0.239. The van der Waals surface area contributed by atoms with Gasteiger partial charge in [0.1, 0.15) is 12.6 Å². The fourth-order valence-corrected chi connectivity index (χ4v) is 1.96. The molecule has 0 radical (unpaired) electrons. The van der Waals surface area contributed by atoms with Crippen molar-refractivity contribution >= 4 is 11.7 Å². The van der Waals surface area contributed by atoms with Crippen molar-refractivity contribution in [2.45, 2.75) is 25.8 Å². The molecule has 0 spiro atoms. The van der Waals surface area contributed by atoms with E-state index in [0.717, 1.165) is 18.5 Å². The summed E-state index contributed by atoms with van der Waals surface area (Å²) in [7, 11) is 0. The fourth-order valence-electron chi connectivity index (χ4n) is 1.96. The molecule has 4 heteroatoms. The predicted molar refractivity (Wildman–Crippen MR) is 68.2 cm³/mol. The van der Waals surface area contributed by atoms with Gasteiger partial charge in [0, 0.05) is 6.04 Å². The third kappa shape index (κ3) is 2.80. The summed E-state index contributed by atoms with van der Waals surface area (Å²) in [5.41, 5.74) is 1.43. The molecule has 1 aliphatic rings. The first-order valence-corrected chi connectivity index (χ1v) is 6.17. The van der Waals surface area contributed by atoms with Crippen LogP contribution in [0, 0.1) is 11.3 Å². The molecule has 0 amide bonds. The van der Waals surface area contributed by atoms with Crippen molar-refractivity contribution in [3.05, 3.63) is 29.8 Å². The van der Waals surface area contributed by atoms with Crippen LogP contribution in [0.1, 0.15) is 25.3 Å². The minimum Gasteiger partial charge on any atom is -0.465 e. The second-order valence-electron chi connectivity index (χ2n) is 4.29. The first-order chi connectivity index (χ1) is 8.76. The van der Waals surface area contributed by atoms with E-state index in [9.17, 15) is 4.79 Å². The first-order valence-electron chi connectivity index (χ1n) is 6.17.